The molecule has 0 radical (unpaired) electrons. The van der Waals surface area contributed by atoms with Crippen LogP contribution < -0.4 is 0 Å². The summed E-state index contributed by atoms with van der Waals surface area (Å²) in [4.78, 5) is 25.5. The number of carbonyl (C=O) groups is 1. The molecule has 0 aliphatic rings. The zero-order valence-electron chi connectivity index (χ0n) is 6.50. The van der Waals surface area contributed by atoms with Gasteiger partial charge in [-0.1, -0.05) is 0 Å². The van der Waals surface area contributed by atoms with Crippen molar-refractivity contribution in [2.24, 2.45) is 0 Å². The van der Waals surface area contributed by atoms with E-state index in [0.717, 1.165) is 6.92 Å². The van der Waals surface area contributed by atoms with Gasteiger partial charge in [0.05, 0.1) is 10.2 Å². The van der Waals surface area contributed by atoms with Crippen LogP contribution in [0.3, 0.4) is 0 Å². The maximum atomic E-state index is 9.00. The van der Waals surface area contributed by atoms with E-state index in [1.807, 2.05) is 0 Å². The Labute approximate surface area is 84.9 Å². The van der Waals surface area contributed by atoms with Crippen LogP contribution in [-0.2, 0) is 21.1 Å². The Morgan fingerprint density at radius 1 is 1.07 bits per heavy atom. The van der Waals surface area contributed by atoms with Gasteiger partial charge in [0.2, 0.25) is 0 Å². The van der Waals surface area contributed by atoms with Crippen molar-refractivity contribution in [3.63, 3.8) is 0 Å². The van der Waals surface area contributed by atoms with Crippen molar-refractivity contribution < 1.29 is 40.6 Å². The molecule has 12 heteroatoms. The van der Waals surface area contributed by atoms with E-state index in [4.69, 9.17) is 44.7 Å². The molecule has 2 N–H and O–H groups in total. The molecule has 0 amide bonds. The van der Waals surface area contributed by atoms with Gasteiger partial charge in [-0.2, -0.15) is 0 Å². The standard InChI is InChI=1S/C2H4O2.Fe.2NO3.H2O/c1-2(3)4;;2*2-1(3)4;/h1H3,(H,3,4);;;;1H2/q;+3;2*-1;/p-1. The third-order valence-corrected chi connectivity index (χ3v) is 0. The van der Waals surface area contributed by atoms with Gasteiger partial charge in [0.25, 0.3) is 5.97 Å². The van der Waals surface area contributed by atoms with Gasteiger partial charge < -0.3 is 35.7 Å². The summed E-state index contributed by atoms with van der Waals surface area (Å²) < 4.78 is 6.75. The van der Waals surface area contributed by atoms with Gasteiger partial charge in [-0.05, 0) is 0 Å². The van der Waals surface area contributed by atoms with E-state index in [2.05, 4.69) is 16.3 Å². The number of rotatable bonds is 0. The van der Waals surface area contributed by atoms with Crippen LogP contribution in [0.2, 0.25) is 0 Å². The normalized spacial score (nSPS) is 5.57. The molecule has 14 heavy (non-hydrogen) atoms. The number of hydrogen-bond acceptors (Lipinski definition) is 8. The summed E-state index contributed by atoms with van der Waals surface area (Å²) in [6, 6.07) is 0. The SMILES string of the molecule is CC(=O)O.O=[N+]([O-])[O-].O=[N+]([O-])[O-].[OH][Fe+2]. The van der Waals surface area contributed by atoms with Crippen LogP contribution in [0.4, 0.5) is 0 Å². The van der Waals surface area contributed by atoms with E-state index in [-0.39, 0.29) is 0 Å². The summed E-state index contributed by atoms with van der Waals surface area (Å²) in [6.07, 6.45) is 0. The summed E-state index contributed by atoms with van der Waals surface area (Å²) in [7, 11) is 0. The fourth-order valence-electron chi connectivity index (χ4n) is 0. The summed E-state index contributed by atoms with van der Waals surface area (Å²) >= 11 is 2.25. The maximum absolute atomic E-state index is 9.00. The quantitative estimate of drug-likeness (QED) is 0.312. The van der Waals surface area contributed by atoms with Gasteiger partial charge in [-0.25, -0.2) is 0 Å². The fourth-order valence-corrected chi connectivity index (χ4v) is 0. The van der Waals surface area contributed by atoms with Gasteiger partial charge >= 0.3 is 20.5 Å². The molecule has 0 aliphatic heterocycles. The average molecular weight is 257 g/mol. The average Bonchev–Trinajstić information content (AvgIpc) is 1.86. The Morgan fingerprint density at radius 2 is 1.07 bits per heavy atom. The summed E-state index contributed by atoms with van der Waals surface area (Å²) in [5.74, 6) is -0.833. The topological polar surface area (TPSA) is 190 Å². The van der Waals surface area contributed by atoms with Crippen molar-refractivity contribution in [1.29, 1.82) is 0 Å². The van der Waals surface area contributed by atoms with Crippen molar-refractivity contribution in [3.8, 4) is 0 Å². The molecule has 0 saturated heterocycles. The second-order valence-corrected chi connectivity index (χ2v) is 0.966. The Balaban J connectivity index is -0.0000000492. The second-order valence-electron chi connectivity index (χ2n) is 0.966. The number of nitrogens with zero attached hydrogens (tertiary/aromatic N) is 2. The molecule has 0 aromatic rings. The van der Waals surface area contributed by atoms with Crippen molar-refractivity contribution >= 4 is 5.97 Å². The molecule has 0 atom stereocenters. The molecule has 85 valence electrons. The van der Waals surface area contributed by atoms with Crippen LogP contribution in [-0.4, -0.2) is 25.4 Å². The van der Waals surface area contributed by atoms with Crippen LogP contribution in [0.1, 0.15) is 6.92 Å². The monoisotopic (exact) mass is 257 g/mol. The third kappa shape index (κ3) is 332. The predicted molar refractivity (Wildman–Crippen MR) is 36.3 cm³/mol. The first-order chi connectivity index (χ1) is 6.20. The zero-order valence-corrected chi connectivity index (χ0v) is 7.60. The first-order valence-electron chi connectivity index (χ1n) is 2.18. The Kier molecular flexibility index (Phi) is 36.7. The summed E-state index contributed by atoms with van der Waals surface area (Å²) in [6.45, 7) is 1.08. The Bertz CT molecular complexity index is 118. The molecule has 0 bridgehead atoms. The van der Waals surface area contributed by atoms with Gasteiger partial charge in [0.15, 0.2) is 0 Å². The molecule has 0 aliphatic carbocycles. The van der Waals surface area contributed by atoms with Crippen LogP contribution >= 0.6 is 0 Å². The zero-order chi connectivity index (χ0) is 12.7. The second kappa shape index (κ2) is 22.5. The van der Waals surface area contributed by atoms with Gasteiger partial charge in [0, 0.05) is 6.92 Å². The summed E-state index contributed by atoms with van der Waals surface area (Å²) in [5, 5.41) is 36.9. The van der Waals surface area contributed by atoms with Crippen LogP contribution in [0, 0.1) is 30.6 Å². The van der Waals surface area contributed by atoms with Crippen molar-refractivity contribution in [2.45, 2.75) is 6.92 Å². The molecule has 0 saturated carbocycles. The Morgan fingerprint density at radius 3 is 1.07 bits per heavy atom. The van der Waals surface area contributed by atoms with E-state index in [0.29, 0.717) is 0 Å². The molecular formula is C2H5FeN2O9. The fraction of sp³-hybridized carbons (Fsp3) is 0.500. The first kappa shape index (κ1) is 22.8. The van der Waals surface area contributed by atoms with Gasteiger partial charge in [0.1, 0.15) is 0 Å². The Hall–Kier alpha value is -1.65. The van der Waals surface area contributed by atoms with E-state index in [1.165, 1.54) is 0 Å². The molecule has 0 rings (SSSR count). The predicted octanol–water partition coefficient (Wildman–Crippen LogP) is -0.947. The number of hydrogen-bond donors (Lipinski definition) is 2. The van der Waals surface area contributed by atoms with Crippen molar-refractivity contribution in [1.82, 2.24) is 0 Å². The van der Waals surface area contributed by atoms with Gasteiger partial charge in [-0.3, -0.25) is 4.79 Å². The van der Waals surface area contributed by atoms with Gasteiger partial charge in [-0.15, -0.1) is 0 Å². The number of carboxylic acid groups (broad SMARTS) is 1. The van der Waals surface area contributed by atoms with E-state index < -0.39 is 16.1 Å². The number of carboxylic acids is 1. The van der Waals surface area contributed by atoms with Crippen LogP contribution in [0.15, 0.2) is 0 Å². The molecule has 0 aromatic heterocycles. The molecule has 0 fully saturated rings. The van der Waals surface area contributed by atoms with E-state index in [9.17, 15) is 0 Å². The minimum absolute atomic E-state index is 0.833. The minimum atomic E-state index is -1.75. The molecule has 11 nitrogen and oxygen atoms in total. The molecular weight excluding hydrogens is 252 g/mol. The van der Waals surface area contributed by atoms with E-state index >= 15 is 0 Å². The van der Waals surface area contributed by atoms with Crippen molar-refractivity contribution in [3.05, 3.63) is 30.6 Å². The van der Waals surface area contributed by atoms with E-state index in [1.54, 1.807) is 0 Å². The molecule has 0 heterocycles. The van der Waals surface area contributed by atoms with Crippen LogP contribution in [0.5, 0.6) is 0 Å². The van der Waals surface area contributed by atoms with Crippen molar-refractivity contribution in [2.75, 3.05) is 0 Å². The molecule has 0 unspecified atom stereocenters. The first-order valence-corrected chi connectivity index (χ1v) is 2.68. The number of aliphatic carboxylic acids is 1. The molecule has 0 spiro atoms. The van der Waals surface area contributed by atoms with Crippen LogP contribution in [0.25, 0.3) is 0 Å². The summed E-state index contributed by atoms with van der Waals surface area (Å²) in [5.41, 5.74) is 0. The molecule has 0 aromatic carbocycles. The third-order valence-electron chi connectivity index (χ3n) is 0.